The zero-order chi connectivity index (χ0) is 19.4. The molecule has 0 saturated carbocycles. The van der Waals surface area contributed by atoms with Gasteiger partial charge in [0.15, 0.2) is 0 Å². The predicted molar refractivity (Wildman–Crippen MR) is 104 cm³/mol. The van der Waals surface area contributed by atoms with E-state index in [9.17, 15) is 18.0 Å². The molecule has 0 saturated heterocycles. The second kappa shape index (κ2) is 7.73. The number of nitrogens with one attached hydrogen (secondary N) is 3. The zero-order valence-corrected chi connectivity index (χ0v) is 15.5. The van der Waals surface area contributed by atoms with E-state index < -0.39 is 21.5 Å². The molecule has 1 aromatic heterocycles. The fourth-order valence-electron chi connectivity index (χ4n) is 2.64. The second-order valence-corrected chi connectivity index (χ2v) is 7.99. The van der Waals surface area contributed by atoms with Crippen LogP contribution in [0.25, 0.3) is 10.9 Å². The van der Waals surface area contributed by atoms with Gasteiger partial charge in [0, 0.05) is 12.1 Å². The van der Waals surface area contributed by atoms with E-state index in [1.54, 1.807) is 36.4 Å². The first-order valence-electron chi connectivity index (χ1n) is 8.27. The lowest BCUT2D eigenvalue weighted by Gasteiger charge is -2.07. The minimum atomic E-state index is -3.33. The van der Waals surface area contributed by atoms with Crippen LogP contribution < -0.4 is 15.6 Å². The SMILES string of the molecule is CNS(=O)(=O)Cc1ccc(CNC(=O)c2cc3ccccc3[nH]c2=O)cc1. The summed E-state index contributed by atoms with van der Waals surface area (Å²) in [5.74, 6) is -0.577. The van der Waals surface area contributed by atoms with Gasteiger partial charge < -0.3 is 10.3 Å². The Balaban J connectivity index is 1.69. The van der Waals surface area contributed by atoms with Crippen LogP contribution in [0.1, 0.15) is 21.5 Å². The van der Waals surface area contributed by atoms with Crippen LogP contribution in [0.5, 0.6) is 0 Å². The molecule has 27 heavy (non-hydrogen) atoms. The van der Waals surface area contributed by atoms with E-state index in [1.807, 2.05) is 18.2 Å². The summed E-state index contributed by atoms with van der Waals surface area (Å²) in [6, 6.07) is 15.7. The Kier molecular flexibility index (Phi) is 5.38. The van der Waals surface area contributed by atoms with E-state index in [2.05, 4.69) is 15.0 Å². The Morgan fingerprint density at radius 2 is 1.70 bits per heavy atom. The van der Waals surface area contributed by atoms with Crippen molar-refractivity contribution in [1.82, 2.24) is 15.0 Å². The third kappa shape index (κ3) is 4.60. The lowest BCUT2D eigenvalue weighted by Crippen LogP contribution is -2.29. The van der Waals surface area contributed by atoms with E-state index in [1.165, 1.54) is 7.05 Å². The lowest BCUT2D eigenvalue weighted by molar-refractivity contribution is 0.0949. The summed E-state index contributed by atoms with van der Waals surface area (Å²) in [5, 5.41) is 3.49. The van der Waals surface area contributed by atoms with Crippen molar-refractivity contribution in [1.29, 1.82) is 0 Å². The van der Waals surface area contributed by atoms with Crippen LogP contribution >= 0.6 is 0 Å². The third-order valence-electron chi connectivity index (χ3n) is 4.14. The Hall–Kier alpha value is -2.97. The molecule has 3 N–H and O–H groups in total. The highest BCUT2D eigenvalue weighted by Gasteiger charge is 2.12. The number of aromatic nitrogens is 1. The number of aromatic amines is 1. The van der Waals surface area contributed by atoms with Crippen LogP contribution in [0.4, 0.5) is 0 Å². The maximum absolute atomic E-state index is 12.4. The molecular weight excluding hydrogens is 366 g/mol. The first-order chi connectivity index (χ1) is 12.9. The average molecular weight is 385 g/mol. The van der Waals surface area contributed by atoms with Gasteiger partial charge >= 0.3 is 0 Å². The van der Waals surface area contributed by atoms with Gasteiger partial charge in [-0.05, 0) is 35.7 Å². The van der Waals surface area contributed by atoms with Crippen molar-refractivity contribution in [3.05, 3.63) is 81.6 Å². The van der Waals surface area contributed by atoms with E-state index >= 15 is 0 Å². The van der Waals surface area contributed by atoms with Gasteiger partial charge in [-0.2, -0.15) is 0 Å². The molecule has 3 aromatic rings. The monoisotopic (exact) mass is 385 g/mol. The highest BCUT2D eigenvalue weighted by molar-refractivity contribution is 7.88. The first-order valence-corrected chi connectivity index (χ1v) is 9.92. The molecule has 0 aliphatic carbocycles. The van der Waals surface area contributed by atoms with Crippen molar-refractivity contribution < 1.29 is 13.2 Å². The van der Waals surface area contributed by atoms with Gasteiger partial charge in [-0.1, -0.05) is 42.5 Å². The quantitative estimate of drug-likeness (QED) is 0.598. The molecule has 0 unspecified atom stereocenters. The molecule has 0 bridgehead atoms. The summed E-state index contributed by atoms with van der Waals surface area (Å²) in [4.78, 5) is 27.2. The standard InChI is InChI=1S/C19H19N3O4S/c1-20-27(25,26)12-14-8-6-13(7-9-14)11-21-18(23)16-10-15-4-2-3-5-17(15)22-19(16)24/h2-10,20H,11-12H2,1H3,(H,21,23)(H,22,24). The number of pyridine rings is 1. The summed E-state index contributed by atoms with van der Waals surface area (Å²) in [7, 11) is -1.96. The number of para-hydroxylation sites is 1. The molecule has 0 spiro atoms. The largest absolute Gasteiger partial charge is 0.348 e. The van der Waals surface area contributed by atoms with Crippen LogP contribution in [0, 0.1) is 0 Å². The van der Waals surface area contributed by atoms with Crippen molar-refractivity contribution in [2.75, 3.05) is 7.05 Å². The molecule has 7 nitrogen and oxygen atoms in total. The summed E-state index contributed by atoms with van der Waals surface area (Å²) < 4.78 is 25.4. The molecular formula is C19H19N3O4S. The number of amides is 1. The molecule has 140 valence electrons. The van der Waals surface area contributed by atoms with E-state index in [-0.39, 0.29) is 17.9 Å². The number of rotatable bonds is 6. The van der Waals surface area contributed by atoms with Crippen LogP contribution in [0.3, 0.4) is 0 Å². The van der Waals surface area contributed by atoms with Crippen molar-refractivity contribution in [3.63, 3.8) is 0 Å². The zero-order valence-electron chi connectivity index (χ0n) is 14.7. The van der Waals surface area contributed by atoms with Crippen molar-refractivity contribution in [3.8, 4) is 0 Å². The summed E-state index contributed by atoms with van der Waals surface area (Å²) in [6.45, 7) is 0.226. The summed E-state index contributed by atoms with van der Waals surface area (Å²) in [6.07, 6.45) is 0. The molecule has 8 heteroatoms. The van der Waals surface area contributed by atoms with Gasteiger partial charge in [-0.25, -0.2) is 13.1 Å². The molecule has 0 aliphatic heterocycles. The van der Waals surface area contributed by atoms with Crippen molar-refractivity contribution in [2.45, 2.75) is 12.3 Å². The minimum absolute atomic E-state index is 0.0467. The minimum Gasteiger partial charge on any atom is -0.348 e. The van der Waals surface area contributed by atoms with E-state index in [0.29, 0.717) is 11.1 Å². The fourth-order valence-corrected chi connectivity index (χ4v) is 3.41. The lowest BCUT2D eigenvalue weighted by atomic mass is 10.1. The molecule has 3 rings (SSSR count). The number of carbonyl (C=O) groups excluding carboxylic acids is 1. The van der Waals surface area contributed by atoms with E-state index in [0.717, 1.165) is 10.9 Å². The molecule has 0 radical (unpaired) electrons. The highest BCUT2D eigenvalue weighted by atomic mass is 32.2. The maximum Gasteiger partial charge on any atom is 0.261 e. The normalized spacial score (nSPS) is 11.4. The smallest absolute Gasteiger partial charge is 0.261 e. The van der Waals surface area contributed by atoms with Crippen LogP contribution in [-0.4, -0.2) is 26.4 Å². The van der Waals surface area contributed by atoms with Gasteiger partial charge in [-0.15, -0.1) is 0 Å². The van der Waals surface area contributed by atoms with Crippen molar-refractivity contribution in [2.24, 2.45) is 0 Å². The average Bonchev–Trinajstić information content (AvgIpc) is 2.66. The van der Waals surface area contributed by atoms with Crippen LogP contribution in [0.2, 0.25) is 0 Å². The van der Waals surface area contributed by atoms with Gasteiger partial charge in [0.25, 0.3) is 11.5 Å². The van der Waals surface area contributed by atoms with E-state index in [4.69, 9.17) is 0 Å². The Morgan fingerprint density at radius 3 is 2.41 bits per heavy atom. The summed E-state index contributed by atoms with van der Waals surface area (Å²) >= 11 is 0. The first kappa shape index (κ1) is 18.8. The number of benzene rings is 2. The number of hydrogen-bond acceptors (Lipinski definition) is 4. The number of hydrogen-bond donors (Lipinski definition) is 3. The van der Waals surface area contributed by atoms with Crippen LogP contribution in [0.15, 0.2) is 59.4 Å². The summed E-state index contributed by atoms with van der Waals surface area (Å²) in [5.41, 5.74) is 1.71. The number of H-pyrrole nitrogens is 1. The van der Waals surface area contributed by atoms with Crippen molar-refractivity contribution >= 4 is 26.8 Å². The molecule has 0 atom stereocenters. The highest BCUT2D eigenvalue weighted by Crippen LogP contribution is 2.11. The topological polar surface area (TPSA) is 108 Å². The van der Waals surface area contributed by atoms with Gasteiger partial charge in [0.05, 0.1) is 5.75 Å². The number of fused-ring (bicyclic) bond motifs is 1. The Labute approximate surface area is 156 Å². The van der Waals surface area contributed by atoms with Gasteiger partial charge in [0.1, 0.15) is 5.56 Å². The fraction of sp³-hybridized carbons (Fsp3) is 0.158. The second-order valence-electron chi connectivity index (χ2n) is 6.06. The van der Waals surface area contributed by atoms with Gasteiger partial charge in [-0.3, -0.25) is 9.59 Å². The predicted octanol–water partition coefficient (Wildman–Crippen LogP) is 1.51. The Morgan fingerprint density at radius 1 is 1.04 bits per heavy atom. The van der Waals surface area contributed by atoms with Crippen LogP contribution in [-0.2, 0) is 22.3 Å². The molecule has 0 aliphatic rings. The molecule has 0 fully saturated rings. The molecule has 1 heterocycles. The number of carbonyl (C=O) groups is 1. The number of sulfonamides is 1. The third-order valence-corrected chi connectivity index (χ3v) is 5.48. The van der Waals surface area contributed by atoms with Gasteiger partial charge in [0.2, 0.25) is 10.0 Å². The Bertz CT molecular complexity index is 1140. The molecule has 2 aromatic carbocycles. The molecule has 1 amide bonds. The maximum atomic E-state index is 12.4.